The number of amidine groups is 1. The van der Waals surface area contributed by atoms with E-state index in [9.17, 15) is 8.42 Å². The molecule has 1 aromatic carbocycles. The highest BCUT2D eigenvalue weighted by atomic mass is 32.2. The Kier molecular flexibility index (Phi) is 5.82. The van der Waals surface area contributed by atoms with E-state index in [1.165, 1.54) is 7.11 Å². The van der Waals surface area contributed by atoms with Gasteiger partial charge in [0, 0.05) is 17.9 Å². The van der Waals surface area contributed by atoms with E-state index in [2.05, 4.69) is 9.88 Å². The number of nitrogens with one attached hydrogen (secondary N) is 1. The summed E-state index contributed by atoms with van der Waals surface area (Å²) in [5.41, 5.74) is 1.47. The first kappa shape index (κ1) is 16.3. The van der Waals surface area contributed by atoms with Gasteiger partial charge in [0.05, 0.1) is 5.75 Å². The number of rotatable bonds is 6. The van der Waals surface area contributed by atoms with Gasteiger partial charge in [-0.25, -0.2) is 8.42 Å². The molecule has 1 rings (SSSR count). The van der Waals surface area contributed by atoms with Crippen LogP contribution in [-0.2, 0) is 14.9 Å². The second-order valence-electron chi connectivity index (χ2n) is 4.12. The molecule has 0 aliphatic heterocycles. The van der Waals surface area contributed by atoms with Crippen molar-refractivity contribution in [1.82, 2.24) is 0 Å². The second-order valence-corrected chi connectivity index (χ2v) is 6.13. The third-order valence-corrected chi connectivity index (χ3v) is 4.07. The van der Waals surface area contributed by atoms with E-state index in [1.54, 1.807) is 19.1 Å². The summed E-state index contributed by atoms with van der Waals surface area (Å²) >= 11 is 0. The van der Waals surface area contributed by atoms with E-state index in [4.69, 9.17) is 4.84 Å². The topological polar surface area (TPSA) is 71.0 Å². The first-order valence-corrected chi connectivity index (χ1v) is 8.04. The molecule has 0 saturated carbocycles. The predicted molar refractivity (Wildman–Crippen MR) is 82.7 cm³/mol. The number of anilines is 2. The molecule has 0 amide bonds. The zero-order valence-electron chi connectivity index (χ0n) is 12.3. The monoisotopic (exact) mass is 299 g/mol. The zero-order valence-corrected chi connectivity index (χ0v) is 13.1. The zero-order chi connectivity index (χ0) is 15.2. The third-order valence-electron chi connectivity index (χ3n) is 2.76. The standard InChI is InChI=1S/C13H21N3O3S/c1-5-16(11(3)14-19-4)13-9-7-12(8-10-13)15-20(17,18)6-2/h7-10,15H,5-6H2,1-4H3. The summed E-state index contributed by atoms with van der Waals surface area (Å²) in [7, 11) is -1.74. The van der Waals surface area contributed by atoms with Crippen LogP contribution in [0.2, 0.25) is 0 Å². The minimum atomic E-state index is -3.24. The Hall–Kier alpha value is -1.76. The van der Waals surface area contributed by atoms with Gasteiger partial charge in [-0.15, -0.1) is 0 Å². The summed E-state index contributed by atoms with van der Waals surface area (Å²) in [4.78, 5) is 6.73. The van der Waals surface area contributed by atoms with Gasteiger partial charge in [0.25, 0.3) is 0 Å². The molecule has 112 valence electrons. The summed E-state index contributed by atoms with van der Waals surface area (Å²) in [6.45, 7) is 6.18. The van der Waals surface area contributed by atoms with Crippen LogP contribution in [0.1, 0.15) is 20.8 Å². The lowest BCUT2D eigenvalue weighted by Gasteiger charge is -2.22. The Balaban J connectivity index is 2.92. The minimum absolute atomic E-state index is 0.0510. The van der Waals surface area contributed by atoms with E-state index in [1.807, 2.05) is 30.9 Å². The van der Waals surface area contributed by atoms with Crippen molar-refractivity contribution in [2.24, 2.45) is 5.16 Å². The molecule has 0 aliphatic rings. The van der Waals surface area contributed by atoms with E-state index in [0.717, 1.165) is 18.1 Å². The van der Waals surface area contributed by atoms with Crippen molar-refractivity contribution in [3.05, 3.63) is 24.3 Å². The normalized spacial score (nSPS) is 12.1. The minimum Gasteiger partial charge on any atom is -0.398 e. The van der Waals surface area contributed by atoms with Crippen LogP contribution >= 0.6 is 0 Å². The highest BCUT2D eigenvalue weighted by Gasteiger charge is 2.10. The fourth-order valence-corrected chi connectivity index (χ4v) is 2.38. The van der Waals surface area contributed by atoms with Crippen molar-refractivity contribution >= 4 is 27.2 Å². The smallest absolute Gasteiger partial charge is 0.232 e. The van der Waals surface area contributed by atoms with Crippen LogP contribution in [0.15, 0.2) is 29.4 Å². The van der Waals surface area contributed by atoms with Gasteiger partial charge in [0.1, 0.15) is 12.9 Å². The lowest BCUT2D eigenvalue weighted by molar-refractivity contribution is 0.212. The molecule has 0 unspecified atom stereocenters. The first-order chi connectivity index (χ1) is 9.43. The van der Waals surface area contributed by atoms with Crippen LogP contribution in [0, 0.1) is 0 Å². The van der Waals surface area contributed by atoms with Crippen molar-refractivity contribution in [2.75, 3.05) is 29.0 Å². The second kappa shape index (κ2) is 7.14. The fraction of sp³-hybridized carbons (Fsp3) is 0.462. The van der Waals surface area contributed by atoms with Crippen molar-refractivity contribution < 1.29 is 13.3 Å². The maximum atomic E-state index is 11.5. The third kappa shape index (κ3) is 4.41. The molecule has 1 aromatic rings. The van der Waals surface area contributed by atoms with Crippen LogP contribution in [0.4, 0.5) is 11.4 Å². The molecule has 0 heterocycles. The van der Waals surface area contributed by atoms with E-state index in [-0.39, 0.29) is 5.75 Å². The highest BCUT2D eigenvalue weighted by molar-refractivity contribution is 7.92. The summed E-state index contributed by atoms with van der Waals surface area (Å²) in [6.07, 6.45) is 0. The van der Waals surface area contributed by atoms with Gasteiger partial charge in [-0.05, 0) is 45.0 Å². The van der Waals surface area contributed by atoms with Crippen molar-refractivity contribution in [3.63, 3.8) is 0 Å². The molecule has 0 fully saturated rings. The number of nitrogens with zero attached hydrogens (tertiary/aromatic N) is 2. The molecule has 1 N–H and O–H groups in total. The Morgan fingerprint density at radius 2 is 1.90 bits per heavy atom. The molecule has 7 heteroatoms. The van der Waals surface area contributed by atoms with Gasteiger partial charge < -0.3 is 9.74 Å². The molecular formula is C13H21N3O3S. The number of hydrogen-bond donors (Lipinski definition) is 1. The van der Waals surface area contributed by atoms with Gasteiger partial charge in [-0.1, -0.05) is 5.16 Å². The molecule has 0 aromatic heterocycles. The highest BCUT2D eigenvalue weighted by Crippen LogP contribution is 2.19. The molecule has 0 radical (unpaired) electrons. The Labute approximate surface area is 120 Å². The summed E-state index contributed by atoms with van der Waals surface area (Å²) < 4.78 is 25.5. The van der Waals surface area contributed by atoms with Crippen LogP contribution in [0.3, 0.4) is 0 Å². The average Bonchev–Trinajstić information content (AvgIpc) is 2.41. The van der Waals surface area contributed by atoms with Crippen molar-refractivity contribution in [2.45, 2.75) is 20.8 Å². The summed E-state index contributed by atoms with van der Waals surface area (Å²) in [5.74, 6) is 0.784. The largest absolute Gasteiger partial charge is 0.398 e. The van der Waals surface area contributed by atoms with Crippen LogP contribution in [0.25, 0.3) is 0 Å². The number of hydrogen-bond acceptors (Lipinski definition) is 4. The van der Waals surface area contributed by atoms with Crippen LogP contribution in [0.5, 0.6) is 0 Å². The predicted octanol–water partition coefficient (Wildman–Crippen LogP) is 2.25. The van der Waals surface area contributed by atoms with Crippen LogP contribution < -0.4 is 9.62 Å². The van der Waals surface area contributed by atoms with Gasteiger partial charge >= 0.3 is 0 Å². The molecule has 0 aliphatic carbocycles. The van der Waals surface area contributed by atoms with Crippen molar-refractivity contribution in [1.29, 1.82) is 0 Å². The van der Waals surface area contributed by atoms with Crippen molar-refractivity contribution in [3.8, 4) is 0 Å². The number of benzene rings is 1. The molecule has 0 saturated heterocycles. The van der Waals surface area contributed by atoms with Gasteiger partial charge in [-0.3, -0.25) is 4.72 Å². The van der Waals surface area contributed by atoms with Gasteiger partial charge in [0.15, 0.2) is 0 Å². The quantitative estimate of drug-likeness (QED) is 0.497. The number of oxime groups is 1. The molecule has 0 atom stereocenters. The Morgan fingerprint density at radius 3 is 2.35 bits per heavy atom. The van der Waals surface area contributed by atoms with Crippen LogP contribution in [-0.4, -0.2) is 33.7 Å². The lowest BCUT2D eigenvalue weighted by atomic mass is 10.2. The molecular weight excluding hydrogens is 278 g/mol. The average molecular weight is 299 g/mol. The van der Waals surface area contributed by atoms with Gasteiger partial charge in [0.2, 0.25) is 10.0 Å². The maximum Gasteiger partial charge on any atom is 0.232 e. The first-order valence-electron chi connectivity index (χ1n) is 6.39. The number of sulfonamides is 1. The maximum absolute atomic E-state index is 11.5. The SMILES string of the molecule is CCN(C(C)=NOC)c1ccc(NS(=O)(=O)CC)cc1. The summed E-state index contributed by atoms with van der Waals surface area (Å²) in [5, 5.41) is 3.90. The van der Waals surface area contributed by atoms with Gasteiger partial charge in [-0.2, -0.15) is 0 Å². The lowest BCUT2D eigenvalue weighted by Crippen LogP contribution is -2.28. The van der Waals surface area contributed by atoms with E-state index < -0.39 is 10.0 Å². The Bertz CT molecular complexity index is 553. The molecule has 6 nitrogen and oxygen atoms in total. The van der Waals surface area contributed by atoms with E-state index >= 15 is 0 Å². The summed E-state index contributed by atoms with van der Waals surface area (Å²) in [6, 6.07) is 7.13. The molecule has 0 bridgehead atoms. The fourth-order valence-electron chi connectivity index (χ4n) is 1.74. The van der Waals surface area contributed by atoms with E-state index in [0.29, 0.717) is 5.69 Å². The molecule has 20 heavy (non-hydrogen) atoms. The Morgan fingerprint density at radius 1 is 1.30 bits per heavy atom. The molecule has 0 spiro atoms.